The molecule has 0 bridgehead atoms. The molecule has 1 atom stereocenters. The van der Waals surface area contributed by atoms with Crippen LogP contribution in [0.25, 0.3) is 0 Å². The van der Waals surface area contributed by atoms with Crippen LogP contribution in [0.5, 0.6) is 5.75 Å². The SMILES string of the molecule is CCc1ccc(CNN(C)CC(=O)N2CC(=O)N(Cc3ccc(OC)cc3)CC2N)cc1. The maximum atomic E-state index is 12.8. The first-order valence-corrected chi connectivity index (χ1v) is 10.9. The maximum absolute atomic E-state index is 12.8. The lowest BCUT2D eigenvalue weighted by Crippen LogP contribution is -2.62. The van der Waals surface area contributed by atoms with Crippen LogP contribution in [0.15, 0.2) is 48.5 Å². The second kappa shape index (κ2) is 11.1. The van der Waals surface area contributed by atoms with Gasteiger partial charge >= 0.3 is 0 Å². The molecule has 2 aromatic carbocycles. The van der Waals surface area contributed by atoms with Crippen LogP contribution in [0.3, 0.4) is 0 Å². The van der Waals surface area contributed by atoms with Crippen LogP contribution in [0.4, 0.5) is 0 Å². The number of ether oxygens (including phenoxy) is 1. The number of methoxy groups -OCH3 is 1. The number of likely N-dealkylation sites (N-methyl/N-ethyl adjacent to an activating group) is 1. The molecule has 3 rings (SSSR count). The molecule has 1 aliphatic heterocycles. The lowest BCUT2D eigenvalue weighted by atomic mass is 10.1. The third-order valence-corrected chi connectivity index (χ3v) is 5.68. The highest BCUT2D eigenvalue weighted by Crippen LogP contribution is 2.16. The minimum Gasteiger partial charge on any atom is -0.497 e. The van der Waals surface area contributed by atoms with Gasteiger partial charge < -0.3 is 20.3 Å². The van der Waals surface area contributed by atoms with Gasteiger partial charge in [0.15, 0.2) is 0 Å². The van der Waals surface area contributed by atoms with Crippen LogP contribution in [-0.4, -0.2) is 66.6 Å². The van der Waals surface area contributed by atoms with Crippen LogP contribution in [-0.2, 0) is 29.1 Å². The molecule has 172 valence electrons. The highest BCUT2D eigenvalue weighted by molar-refractivity contribution is 5.87. The Hall–Kier alpha value is -2.94. The summed E-state index contributed by atoms with van der Waals surface area (Å²) in [6.07, 6.45) is 0.475. The molecule has 3 N–H and O–H groups in total. The van der Waals surface area contributed by atoms with E-state index in [0.717, 1.165) is 23.3 Å². The molecule has 8 heteroatoms. The maximum Gasteiger partial charge on any atom is 0.242 e. The Bertz CT molecular complexity index is 901. The largest absolute Gasteiger partial charge is 0.497 e. The van der Waals surface area contributed by atoms with E-state index in [2.05, 4.69) is 36.6 Å². The Morgan fingerprint density at radius 3 is 2.38 bits per heavy atom. The second-order valence-electron chi connectivity index (χ2n) is 8.07. The fourth-order valence-electron chi connectivity index (χ4n) is 3.64. The molecule has 1 fully saturated rings. The number of nitrogens with two attached hydrogens (primary N) is 1. The quantitative estimate of drug-likeness (QED) is 0.573. The Morgan fingerprint density at radius 1 is 1.12 bits per heavy atom. The molecule has 0 aliphatic carbocycles. The number of benzene rings is 2. The number of hydrazine groups is 1. The molecule has 0 spiro atoms. The van der Waals surface area contributed by atoms with Gasteiger partial charge in [0.25, 0.3) is 0 Å². The lowest BCUT2D eigenvalue weighted by molar-refractivity contribution is -0.150. The van der Waals surface area contributed by atoms with Crippen LogP contribution < -0.4 is 15.9 Å². The monoisotopic (exact) mass is 439 g/mol. The minimum atomic E-state index is -0.534. The summed E-state index contributed by atoms with van der Waals surface area (Å²) in [6, 6.07) is 15.9. The van der Waals surface area contributed by atoms with Gasteiger partial charge in [0.1, 0.15) is 12.3 Å². The van der Waals surface area contributed by atoms with E-state index < -0.39 is 6.17 Å². The van der Waals surface area contributed by atoms with E-state index in [1.807, 2.05) is 31.3 Å². The molecule has 1 heterocycles. The van der Waals surface area contributed by atoms with E-state index in [0.29, 0.717) is 19.6 Å². The average Bonchev–Trinajstić information content (AvgIpc) is 2.80. The first-order valence-electron chi connectivity index (χ1n) is 10.9. The van der Waals surface area contributed by atoms with E-state index in [4.69, 9.17) is 10.5 Å². The van der Waals surface area contributed by atoms with Crippen LogP contribution >= 0.6 is 0 Å². The third-order valence-electron chi connectivity index (χ3n) is 5.68. The normalized spacial score (nSPS) is 16.5. The number of aryl methyl sites for hydroxylation is 1. The molecular weight excluding hydrogens is 406 g/mol. The van der Waals surface area contributed by atoms with Gasteiger partial charge in [-0.15, -0.1) is 0 Å². The number of nitrogens with one attached hydrogen (secondary N) is 1. The van der Waals surface area contributed by atoms with Gasteiger partial charge in [-0.1, -0.05) is 43.3 Å². The Balaban J connectivity index is 1.48. The fraction of sp³-hybridized carbons (Fsp3) is 0.417. The predicted octanol–water partition coefficient (Wildman–Crippen LogP) is 1.35. The number of hydrogen-bond acceptors (Lipinski definition) is 6. The van der Waals surface area contributed by atoms with Crippen molar-refractivity contribution < 1.29 is 14.3 Å². The third kappa shape index (κ3) is 6.29. The molecule has 32 heavy (non-hydrogen) atoms. The van der Waals surface area contributed by atoms with Crippen molar-refractivity contribution in [3.05, 3.63) is 65.2 Å². The molecule has 8 nitrogen and oxygen atoms in total. The Morgan fingerprint density at radius 2 is 1.75 bits per heavy atom. The van der Waals surface area contributed by atoms with Crippen LogP contribution in [0.2, 0.25) is 0 Å². The number of carbonyl (C=O) groups excluding carboxylic acids is 2. The summed E-state index contributed by atoms with van der Waals surface area (Å²) < 4.78 is 5.17. The fourth-order valence-corrected chi connectivity index (χ4v) is 3.64. The van der Waals surface area contributed by atoms with Crippen molar-refractivity contribution in [2.24, 2.45) is 5.73 Å². The van der Waals surface area contributed by atoms with Crippen LogP contribution in [0.1, 0.15) is 23.6 Å². The highest BCUT2D eigenvalue weighted by atomic mass is 16.5. The smallest absolute Gasteiger partial charge is 0.242 e. The zero-order valence-corrected chi connectivity index (χ0v) is 19.1. The number of carbonyl (C=O) groups is 2. The first-order chi connectivity index (χ1) is 15.4. The number of hydrogen-bond donors (Lipinski definition) is 2. The molecule has 1 aliphatic rings. The van der Waals surface area contributed by atoms with E-state index in [1.165, 1.54) is 10.5 Å². The predicted molar refractivity (Wildman–Crippen MR) is 123 cm³/mol. The van der Waals surface area contributed by atoms with E-state index in [1.54, 1.807) is 17.0 Å². The standard InChI is InChI=1S/C24H33N5O3/c1-4-18-5-7-19(8-6-18)13-26-27(2)16-24(31)29-17-23(30)28(15-22(29)25)14-20-9-11-21(32-3)12-10-20/h5-12,22,26H,4,13-17,25H2,1-3H3. The van der Waals surface area contributed by atoms with Crippen molar-refractivity contribution >= 4 is 11.8 Å². The number of amides is 2. The van der Waals surface area contributed by atoms with Crippen molar-refractivity contribution in [3.8, 4) is 5.75 Å². The summed E-state index contributed by atoms with van der Waals surface area (Å²) in [4.78, 5) is 28.6. The van der Waals surface area contributed by atoms with Crippen molar-refractivity contribution in [2.45, 2.75) is 32.6 Å². The number of nitrogens with zero attached hydrogens (tertiary/aromatic N) is 3. The number of rotatable bonds is 9. The van der Waals surface area contributed by atoms with E-state index >= 15 is 0 Å². The summed E-state index contributed by atoms with van der Waals surface area (Å²) >= 11 is 0. The van der Waals surface area contributed by atoms with Crippen molar-refractivity contribution in [1.29, 1.82) is 0 Å². The molecule has 0 radical (unpaired) electrons. The Labute approximate surface area is 189 Å². The molecule has 1 unspecified atom stereocenters. The summed E-state index contributed by atoms with van der Waals surface area (Å²) in [5.41, 5.74) is 12.9. The molecule has 0 saturated carbocycles. The summed E-state index contributed by atoms with van der Waals surface area (Å²) in [6.45, 7) is 3.62. The molecule has 0 aromatic heterocycles. The number of piperazine rings is 1. The zero-order chi connectivity index (χ0) is 23.1. The van der Waals surface area contributed by atoms with Gasteiger partial charge in [-0.25, -0.2) is 5.01 Å². The van der Waals surface area contributed by atoms with Gasteiger partial charge in [0, 0.05) is 20.1 Å². The van der Waals surface area contributed by atoms with Crippen LogP contribution in [0, 0.1) is 0 Å². The Kier molecular flexibility index (Phi) is 8.21. The van der Waals surface area contributed by atoms with Crippen molar-refractivity contribution in [2.75, 3.05) is 33.8 Å². The van der Waals surface area contributed by atoms with Gasteiger partial charge in [-0.2, -0.15) is 0 Å². The molecule has 1 saturated heterocycles. The molecule has 2 aromatic rings. The summed E-state index contributed by atoms with van der Waals surface area (Å²) in [5, 5.41) is 1.73. The summed E-state index contributed by atoms with van der Waals surface area (Å²) in [5.74, 6) is 0.483. The van der Waals surface area contributed by atoms with Crippen molar-refractivity contribution in [3.63, 3.8) is 0 Å². The van der Waals surface area contributed by atoms with Crippen molar-refractivity contribution in [1.82, 2.24) is 20.2 Å². The van der Waals surface area contributed by atoms with E-state index in [-0.39, 0.29) is 24.9 Å². The topological polar surface area (TPSA) is 91.1 Å². The average molecular weight is 440 g/mol. The van der Waals surface area contributed by atoms with Gasteiger partial charge in [0.2, 0.25) is 11.8 Å². The molecular formula is C24H33N5O3. The summed E-state index contributed by atoms with van der Waals surface area (Å²) in [7, 11) is 3.43. The first kappa shape index (κ1) is 23.7. The second-order valence-corrected chi connectivity index (χ2v) is 8.07. The van der Waals surface area contributed by atoms with E-state index in [9.17, 15) is 9.59 Å². The lowest BCUT2D eigenvalue weighted by Gasteiger charge is -2.39. The minimum absolute atomic E-state index is 0.0114. The van der Waals surface area contributed by atoms with Gasteiger partial charge in [-0.05, 0) is 35.2 Å². The van der Waals surface area contributed by atoms with Gasteiger partial charge in [0.05, 0.1) is 26.4 Å². The highest BCUT2D eigenvalue weighted by Gasteiger charge is 2.33. The molecule has 2 amide bonds. The van der Waals surface area contributed by atoms with Gasteiger partial charge in [-0.3, -0.25) is 15.0 Å². The zero-order valence-electron chi connectivity index (χ0n) is 19.1.